The van der Waals surface area contributed by atoms with Gasteiger partial charge in [-0.3, -0.25) is 9.98 Å². The first-order chi connectivity index (χ1) is 18.9. The second kappa shape index (κ2) is 13.7. The van der Waals surface area contributed by atoms with E-state index in [-0.39, 0.29) is 5.75 Å². The standard InChI is InChI=1S/C28H32F3N7O/c1-32-27(38-14-12-33-13-15-38)19-35-18-23(22-2-3-22)9-10-34-17-21-8-11-36-26(16-21)37-24-4-6-25(7-5-24)39-20-28(29,30)31/h4-11,16,18-19,22,33H,1-3,12-15,17,20H2,(H,36,37)/b23-9-,27-19-,34-10?,35-18+. The Hall–Kier alpha value is -3.99. The van der Waals surface area contributed by atoms with Gasteiger partial charge in [0.25, 0.3) is 0 Å². The number of piperazine rings is 1. The zero-order chi connectivity index (χ0) is 27.5. The van der Waals surface area contributed by atoms with Crippen molar-refractivity contribution in [3.8, 4) is 5.75 Å². The second-order valence-electron chi connectivity index (χ2n) is 9.19. The van der Waals surface area contributed by atoms with Crippen molar-refractivity contribution >= 4 is 30.7 Å². The fourth-order valence-electron chi connectivity index (χ4n) is 3.89. The van der Waals surface area contributed by atoms with Gasteiger partial charge < -0.3 is 20.3 Å². The zero-order valence-corrected chi connectivity index (χ0v) is 21.6. The second-order valence-corrected chi connectivity index (χ2v) is 9.19. The number of hydrogen-bond acceptors (Lipinski definition) is 8. The molecule has 2 N–H and O–H groups in total. The summed E-state index contributed by atoms with van der Waals surface area (Å²) in [4.78, 5) is 19.6. The smallest absolute Gasteiger partial charge is 0.422 e. The van der Waals surface area contributed by atoms with Gasteiger partial charge in [0.05, 0.1) is 12.7 Å². The third kappa shape index (κ3) is 9.68. The molecule has 1 saturated heterocycles. The maximum absolute atomic E-state index is 12.3. The topological polar surface area (TPSA) is 86.5 Å². The maximum Gasteiger partial charge on any atom is 0.422 e. The molecule has 4 rings (SSSR count). The average molecular weight is 540 g/mol. The molecule has 206 valence electrons. The molecular weight excluding hydrogens is 507 g/mol. The third-order valence-corrected chi connectivity index (χ3v) is 6.07. The van der Waals surface area contributed by atoms with Crippen molar-refractivity contribution < 1.29 is 17.9 Å². The molecule has 39 heavy (non-hydrogen) atoms. The molecule has 2 fully saturated rings. The Morgan fingerprint density at radius 1 is 1.18 bits per heavy atom. The van der Waals surface area contributed by atoms with Crippen molar-refractivity contribution in [2.24, 2.45) is 20.9 Å². The van der Waals surface area contributed by atoms with Crippen LogP contribution in [0.2, 0.25) is 0 Å². The Bertz CT molecular complexity index is 1210. The van der Waals surface area contributed by atoms with E-state index in [1.807, 2.05) is 24.4 Å². The molecule has 1 aliphatic heterocycles. The first-order valence-electron chi connectivity index (χ1n) is 12.8. The monoisotopic (exact) mass is 539 g/mol. The summed E-state index contributed by atoms with van der Waals surface area (Å²) < 4.78 is 41.7. The summed E-state index contributed by atoms with van der Waals surface area (Å²) in [5.41, 5.74) is 2.78. The number of pyridine rings is 1. The summed E-state index contributed by atoms with van der Waals surface area (Å²) >= 11 is 0. The van der Waals surface area contributed by atoms with Crippen LogP contribution in [0, 0.1) is 5.92 Å². The number of anilines is 2. The van der Waals surface area contributed by atoms with Crippen molar-refractivity contribution in [1.29, 1.82) is 0 Å². The van der Waals surface area contributed by atoms with Crippen molar-refractivity contribution in [1.82, 2.24) is 15.2 Å². The minimum Gasteiger partial charge on any atom is -0.484 e. The molecule has 1 saturated carbocycles. The lowest BCUT2D eigenvalue weighted by atomic mass is 10.2. The Balaban J connectivity index is 1.31. The molecule has 2 aromatic rings. The molecular formula is C28H32F3N7O. The fraction of sp³-hybridized carbons (Fsp3) is 0.357. The predicted molar refractivity (Wildman–Crippen MR) is 149 cm³/mol. The summed E-state index contributed by atoms with van der Waals surface area (Å²) in [6.07, 6.45) is 7.06. The highest BCUT2D eigenvalue weighted by Crippen LogP contribution is 2.35. The Morgan fingerprint density at radius 2 is 1.95 bits per heavy atom. The average Bonchev–Trinajstić information content (AvgIpc) is 3.78. The van der Waals surface area contributed by atoms with E-state index >= 15 is 0 Å². The van der Waals surface area contributed by atoms with E-state index in [4.69, 9.17) is 4.74 Å². The normalized spacial score (nSPS) is 17.2. The molecule has 0 unspecified atom stereocenters. The van der Waals surface area contributed by atoms with E-state index in [1.165, 1.54) is 12.1 Å². The highest BCUT2D eigenvalue weighted by atomic mass is 19.4. The predicted octanol–water partition coefficient (Wildman–Crippen LogP) is 5.15. The lowest BCUT2D eigenvalue weighted by Gasteiger charge is -2.28. The van der Waals surface area contributed by atoms with Crippen LogP contribution in [0.1, 0.15) is 18.4 Å². The maximum atomic E-state index is 12.3. The molecule has 0 atom stereocenters. The number of halogens is 3. The van der Waals surface area contributed by atoms with Crippen LogP contribution in [0.15, 0.2) is 81.2 Å². The van der Waals surface area contributed by atoms with Gasteiger partial charge >= 0.3 is 6.18 Å². The third-order valence-electron chi connectivity index (χ3n) is 6.07. The van der Waals surface area contributed by atoms with Gasteiger partial charge in [-0.15, -0.1) is 0 Å². The fourth-order valence-corrected chi connectivity index (χ4v) is 3.89. The van der Waals surface area contributed by atoms with Gasteiger partial charge in [0, 0.05) is 50.5 Å². The minimum absolute atomic E-state index is 0.144. The quantitative estimate of drug-likeness (QED) is 0.365. The van der Waals surface area contributed by atoms with Gasteiger partial charge in [-0.25, -0.2) is 9.98 Å². The van der Waals surface area contributed by atoms with E-state index in [9.17, 15) is 13.2 Å². The van der Waals surface area contributed by atoms with Gasteiger partial charge in [-0.2, -0.15) is 13.2 Å². The summed E-state index contributed by atoms with van der Waals surface area (Å²) in [6.45, 7) is 6.45. The Labute approximate surface area is 226 Å². The highest BCUT2D eigenvalue weighted by molar-refractivity contribution is 5.88. The summed E-state index contributed by atoms with van der Waals surface area (Å²) in [5, 5.41) is 6.46. The van der Waals surface area contributed by atoms with Crippen LogP contribution in [-0.2, 0) is 6.54 Å². The SMILES string of the molecule is C=N/C(=C/N=C/C(=C/C=NCc1ccnc(Nc2ccc(OCC(F)(F)F)cc2)c1)C1CC1)N1CCNCC1. The zero-order valence-electron chi connectivity index (χ0n) is 21.6. The van der Waals surface area contributed by atoms with Crippen LogP contribution < -0.4 is 15.4 Å². The highest BCUT2D eigenvalue weighted by Gasteiger charge is 2.28. The van der Waals surface area contributed by atoms with Crippen LogP contribution in [0.4, 0.5) is 24.7 Å². The molecule has 0 spiro atoms. The lowest BCUT2D eigenvalue weighted by molar-refractivity contribution is -0.153. The molecule has 8 nitrogen and oxygen atoms in total. The Morgan fingerprint density at radius 3 is 2.64 bits per heavy atom. The number of aliphatic imine (C=N–C) groups is 3. The van der Waals surface area contributed by atoms with Crippen molar-refractivity contribution in [3.63, 3.8) is 0 Å². The number of hydrogen-bond donors (Lipinski definition) is 2. The number of allylic oxidation sites excluding steroid dienone is 2. The van der Waals surface area contributed by atoms with Crippen LogP contribution >= 0.6 is 0 Å². The van der Waals surface area contributed by atoms with E-state index in [0.717, 1.165) is 56.0 Å². The molecule has 2 aliphatic rings. The minimum atomic E-state index is -4.37. The number of ether oxygens (including phenoxy) is 1. The molecule has 1 aromatic carbocycles. The van der Waals surface area contributed by atoms with Crippen molar-refractivity contribution in [2.45, 2.75) is 25.6 Å². The molecule has 2 heterocycles. The number of nitrogens with one attached hydrogen (secondary N) is 2. The van der Waals surface area contributed by atoms with Gasteiger partial charge in [0.15, 0.2) is 6.61 Å². The van der Waals surface area contributed by atoms with E-state index in [1.54, 1.807) is 30.7 Å². The number of alkyl halides is 3. The molecule has 1 aromatic heterocycles. The van der Waals surface area contributed by atoms with E-state index < -0.39 is 12.8 Å². The molecule has 0 radical (unpaired) electrons. The summed E-state index contributed by atoms with van der Waals surface area (Å²) in [6, 6.07) is 9.99. The van der Waals surface area contributed by atoms with Crippen LogP contribution in [-0.4, -0.2) is 68.0 Å². The van der Waals surface area contributed by atoms with E-state index in [2.05, 4.69) is 42.2 Å². The summed E-state index contributed by atoms with van der Waals surface area (Å²) in [7, 11) is 0. The van der Waals surface area contributed by atoms with E-state index in [0.29, 0.717) is 24.0 Å². The van der Waals surface area contributed by atoms with Crippen molar-refractivity contribution in [2.75, 3.05) is 38.1 Å². The van der Waals surface area contributed by atoms with Gasteiger partial charge in [-0.1, -0.05) is 0 Å². The van der Waals surface area contributed by atoms with Gasteiger partial charge in [0.1, 0.15) is 17.4 Å². The van der Waals surface area contributed by atoms with Crippen LogP contribution in [0.25, 0.3) is 0 Å². The molecule has 0 amide bonds. The molecule has 1 aliphatic carbocycles. The number of benzene rings is 1. The molecule has 11 heteroatoms. The van der Waals surface area contributed by atoms with Gasteiger partial charge in [0.2, 0.25) is 0 Å². The number of aromatic nitrogens is 1. The Kier molecular flexibility index (Phi) is 9.85. The largest absolute Gasteiger partial charge is 0.484 e. The van der Waals surface area contributed by atoms with Crippen LogP contribution in [0.5, 0.6) is 5.75 Å². The van der Waals surface area contributed by atoms with Gasteiger partial charge in [-0.05, 0) is 79.1 Å². The molecule has 0 bridgehead atoms. The first-order valence-corrected chi connectivity index (χ1v) is 12.8. The van der Waals surface area contributed by atoms with Crippen LogP contribution in [0.3, 0.4) is 0 Å². The van der Waals surface area contributed by atoms with Crippen molar-refractivity contribution in [3.05, 3.63) is 71.8 Å². The lowest BCUT2D eigenvalue weighted by Crippen LogP contribution is -2.42. The number of rotatable bonds is 12. The summed E-state index contributed by atoms with van der Waals surface area (Å²) in [5.74, 6) is 2.04. The number of nitrogens with zero attached hydrogens (tertiary/aromatic N) is 5. The first kappa shape index (κ1) is 28.0.